The van der Waals surface area contributed by atoms with Crippen molar-refractivity contribution in [3.8, 4) is 18.2 Å². The molecule has 3 amide bonds. The first-order chi connectivity index (χ1) is 28.6. The molecule has 2 aromatic heterocycles. The number of hydrogen-bond donors (Lipinski definition) is 0. The van der Waals surface area contributed by atoms with Gasteiger partial charge in [0.2, 0.25) is 17.7 Å². The smallest absolute Gasteiger partial charge is 0.321 e. The number of imide groups is 1. The third-order valence-corrected chi connectivity index (χ3v) is 12.7. The van der Waals surface area contributed by atoms with Crippen molar-refractivity contribution in [1.29, 1.82) is 15.8 Å². The van der Waals surface area contributed by atoms with Crippen LogP contribution < -0.4 is 0 Å². The average molecular weight is 919 g/mol. The molecule has 13 nitrogen and oxygen atoms in total. The van der Waals surface area contributed by atoms with Crippen LogP contribution in [0.5, 0.6) is 0 Å². The second-order valence-corrected chi connectivity index (χ2v) is 19.3. The number of amides is 3. The zero-order chi connectivity index (χ0) is 47.7. The Hall–Kier alpha value is -4.08. The number of esters is 1. The third-order valence-electron chi connectivity index (χ3n) is 8.69. The van der Waals surface area contributed by atoms with E-state index in [1.807, 2.05) is 153 Å². The maximum Gasteiger partial charge on any atom is 0.321 e. The van der Waals surface area contributed by atoms with E-state index in [4.69, 9.17) is 20.5 Å². The average Bonchev–Trinajstić information content (AvgIpc) is 4.08. The predicted molar refractivity (Wildman–Crippen MR) is 258 cm³/mol. The minimum atomic E-state index is -0.393. The number of hydrogen-bond acceptors (Lipinski definition) is 13. The zero-order valence-corrected chi connectivity index (χ0v) is 42.3. The second kappa shape index (κ2) is 34.5. The van der Waals surface area contributed by atoms with Crippen LogP contribution in [0.4, 0.5) is 0 Å². The molecule has 2 saturated heterocycles. The minimum Gasteiger partial charge on any atom is -0.465 e. The molecular formula is C44H70N8O5S4. The van der Waals surface area contributed by atoms with Crippen molar-refractivity contribution in [3.63, 3.8) is 0 Å². The Morgan fingerprint density at radius 2 is 1.36 bits per heavy atom. The summed E-state index contributed by atoms with van der Waals surface area (Å²) in [5.41, 5.74) is 0. The predicted octanol–water partition coefficient (Wildman–Crippen LogP) is 8.28. The van der Waals surface area contributed by atoms with Gasteiger partial charge >= 0.3 is 5.97 Å². The Labute approximate surface area is 384 Å². The SMILES string of the molecule is CCC(C)(C#N)SC.CCOC(=O)C(C)(C)SC.CN1C(=O)C2C=CC=CC2C1=O.CN1CCCC1=O.CSC(C)(C)C#N.CSCC#N.Cn1cccc1.Cn1ccnc1. The number of nitrogens with zero attached hydrogens (tertiary/aromatic N) is 8. The molecule has 2 fully saturated rings. The van der Waals surface area contributed by atoms with Gasteiger partial charge < -0.3 is 18.8 Å². The van der Waals surface area contributed by atoms with E-state index in [9.17, 15) is 19.2 Å². The molecule has 0 saturated carbocycles. The molecule has 3 atom stereocenters. The third kappa shape index (κ3) is 28.2. The molecule has 2 aliphatic heterocycles. The van der Waals surface area contributed by atoms with E-state index in [0.717, 1.165) is 25.8 Å². The van der Waals surface area contributed by atoms with Gasteiger partial charge in [-0.3, -0.25) is 24.1 Å². The summed E-state index contributed by atoms with van der Waals surface area (Å²) in [6.07, 6.45) is 27.0. The number of likely N-dealkylation sites (tertiary alicyclic amines) is 2. The number of aromatic nitrogens is 3. The van der Waals surface area contributed by atoms with Crippen LogP contribution in [0.25, 0.3) is 0 Å². The normalized spacial score (nSPS) is 16.4. The van der Waals surface area contributed by atoms with Gasteiger partial charge in [-0.25, -0.2) is 4.98 Å². The van der Waals surface area contributed by atoms with Crippen molar-refractivity contribution >= 4 is 70.7 Å². The lowest BCUT2D eigenvalue weighted by Gasteiger charge is -2.18. The monoisotopic (exact) mass is 918 g/mol. The number of aryl methyl sites for hydroxylation is 2. The molecule has 0 N–H and O–H groups in total. The maximum atomic E-state index is 11.4. The van der Waals surface area contributed by atoms with Crippen LogP contribution in [0.3, 0.4) is 0 Å². The van der Waals surface area contributed by atoms with Crippen molar-refractivity contribution < 1.29 is 23.9 Å². The van der Waals surface area contributed by atoms with Gasteiger partial charge in [0.15, 0.2) is 0 Å². The Morgan fingerprint density at radius 3 is 1.54 bits per heavy atom. The topological polar surface area (TPSA) is 178 Å². The van der Waals surface area contributed by atoms with Gasteiger partial charge in [-0.15, -0.1) is 35.3 Å². The molecule has 3 unspecified atom stereocenters. The molecule has 0 radical (unpaired) electrons. The molecule has 61 heavy (non-hydrogen) atoms. The van der Waals surface area contributed by atoms with Gasteiger partial charge in [-0.1, -0.05) is 31.2 Å². The van der Waals surface area contributed by atoms with E-state index < -0.39 is 4.75 Å². The molecule has 0 spiro atoms. The molecule has 0 aromatic carbocycles. The number of carbonyl (C=O) groups excluding carboxylic acids is 4. The van der Waals surface area contributed by atoms with Crippen molar-refractivity contribution in [1.82, 2.24) is 23.9 Å². The highest BCUT2D eigenvalue weighted by Crippen LogP contribution is 2.29. The molecule has 4 heterocycles. The number of nitriles is 3. The van der Waals surface area contributed by atoms with E-state index in [1.54, 1.807) is 64.9 Å². The van der Waals surface area contributed by atoms with E-state index in [1.165, 1.54) is 23.7 Å². The fraction of sp³-hybridized carbons (Fsp3) is 0.591. The van der Waals surface area contributed by atoms with Crippen LogP contribution in [-0.2, 0) is 38.0 Å². The summed E-state index contributed by atoms with van der Waals surface area (Å²) in [6.45, 7) is 14.7. The quantitative estimate of drug-likeness (QED) is 0.192. The van der Waals surface area contributed by atoms with Crippen LogP contribution >= 0.6 is 47.0 Å². The number of thioether (sulfide) groups is 4. The lowest BCUT2D eigenvalue weighted by atomic mass is 9.91. The van der Waals surface area contributed by atoms with Crippen molar-refractivity contribution in [3.05, 3.63) is 67.6 Å². The standard InChI is InChI=1S/C9H9NO2.C7H14O2S.C6H11NS.C5H9NO.C5H9NS.C5H7N.C4H6N2.C3H5NS/c1-10-8(11)6-4-2-3-5-7(6)9(10)12;1-5-9-6(8)7(2,3)10-4;1-4-6(2,5-7)8-3;1-6-4-2-3-5(6)7;1-5(2,4-6)7-3;1-6-4-2-3-5-6;1-6-3-2-5-4-6;1-5-3-2-4/h2-7H,1H3;5H2,1-4H3;4H2,1-3H3;2-4H2,1H3;1-3H3;2-5H,1H3;2-4H,1H3;3H2,1H3. The molecule has 1 aliphatic carbocycles. The molecule has 5 rings (SSSR count). The fourth-order valence-electron chi connectivity index (χ4n) is 3.93. The summed E-state index contributed by atoms with van der Waals surface area (Å²) in [7, 11) is 7.31. The molecular weight excluding hydrogens is 849 g/mol. The minimum absolute atomic E-state index is 0.0920. The largest absolute Gasteiger partial charge is 0.465 e. The van der Waals surface area contributed by atoms with E-state index in [-0.39, 0.29) is 39.1 Å². The first kappa shape index (κ1) is 61.2. The number of imidazole rings is 1. The number of carbonyl (C=O) groups is 4. The summed E-state index contributed by atoms with van der Waals surface area (Å²) >= 11 is 6.22. The molecule has 17 heteroatoms. The van der Waals surface area contributed by atoms with E-state index >= 15 is 0 Å². The zero-order valence-electron chi connectivity index (χ0n) is 39.0. The van der Waals surface area contributed by atoms with Crippen molar-refractivity contribution in [2.24, 2.45) is 25.9 Å². The Morgan fingerprint density at radius 1 is 0.820 bits per heavy atom. The van der Waals surface area contributed by atoms with E-state index in [2.05, 4.69) is 17.1 Å². The van der Waals surface area contributed by atoms with Gasteiger partial charge in [0.05, 0.1) is 58.2 Å². The highest BCUT2D eigenvalue weighted by atomic mass is 32.2. The van der Waals surface area contributed by atoms with Gasteiger partial charge in [0.1, 0.15) is 4.75 Å². The summed E-state index contributed by atoms with van der Waals surface area (Å²) in [5, 5.41) is 24.6. The second-order valence-electron chi connectivity index (χ2n) is 14.3. The number of fused-ring (bicyclic) bond motifs is 1. The highest BCUT2D eigenvalue weighted by molar-refractivity contribution is 8.00. The lowest BCUT2D eigenvalue weighted by Crippen LogP contribution is -2.29. The molecule has 0 bridgehead atoms. The van der Waals surface area contributed by atoms with Crippen LogP contribution in [0.2, 0.25) is 0 Å². The Bertz CT molecular complexity index is 1640. The number of allylic oxidation sites excluding steroid dienone is 2. The first-order valence-electron chi connectivity index (χ1n) is 19.5. The summed E-state index contributed by atoms with van der Waals surface area (Å²) in [6, 6.07) is 10.4. The number of ether oxygens (including phenoxy) is 1. The van der Waals surface area contributed by atoms with Crippen LogP contribution in [0.1, 0.15) is 67.7 Å². The van der Waals surface area contributed by atoms with Crippen LogP contribution in [-0.4, -0.2) is 120 Å². The summed E-state index contributed by atoms with van der Waals surface area (Å²) in [4.78, 5) is 51.0. The fourth-order valence-corrected chi connectivity index (χ4v) is 4.76. The maximum absolute atomic E-state index is 11.4. The molecule has 2 aromatic rings. The van der Waals surface area contributed by atoms with Gasteiger partial charge in [-0.05, 0) is 91.5 Å². The molecule has 340 valence electrons. The van der Waals surface area contributed by atoms with Crippen molar-refractivity contribution in [2.45, 2.75) is 82.0 Å². The van der Waals surface area contributed by atoms with E-state index in [0.29, 0.717) is 18.3 Å². The summed E-state index contributed by atoms with van der Waals surface area (Å²) < 4.78 is 7.99. The van der Waals surface area contributed by atoms with Crippen LogP contribution in [0.15, 0.2) is 67.6 Å². The van der Waals surface area contributed by atoms with Crippen LogP contribution in [0, 0.1) is 45.8 Å². The Balaban J connectivity index is -0.000000640. The molecule has 3 aliphatic rings. The Kier molecular flexibility index (Phi) is 34.6. The van der Waals surface area contributed by atoms with Gasteiger partial charge in [0, 0.05) is 65.9 Å². The number of rotatable bonds is 7. The first-order valence-corrected chi connectivity index (χ1v) is 24.5. The van der Waals surface area contributed by atoms with Gasteiger partial charge in [0.25, 0.3) is 0 Å². The summed E-state index contributed by atoms with van der Waals surface area (Å²) in [5.74, 6) is 0.0960. The highest BCUT2D eigenvalue weighted by Gasteiger charge is 2.43. The van der Waals surface area contributed by atoms with Gasteiger partial charge in [-0.2, -0.15) is 27.5 Å². The van der Waals surface area contributed by atoms with Crippen molar-refractivity contribution in [2.75, 3.05) is 58.0 Å². The lowest BCUT2D eigenvalue weighted by molar-refractivity contribution is -0.145.